The monoisotopic (exact) mass is 293 g/mol. The molecule has 0 aliphatic rings. The number of esters is 2. The fourth-order valence-electron chi connectivity index (χ4n) is 1.20. The Balaban J connectivity index is 3.83. The van der Waals surface area contributed by atoms with Crippen LogP contribution in [0.15, 0.2) is 0 Å². The van der Waals surface area contributed by atoms with Gasteiger partial charge < -0.3 is 29.8 Å². The lowest BCUT2D eigenvalue weighted by atomic mass is 10.1. The first-order valence-corrected chi connectivity index (χ1v) is 6.16. The minimum absolute atomic E-state index is 0.0265. The van der Waals surface area contributed by atoms with E-state index in [0.717, 1.165) is 0 Å². The molecule has 0 aromatic heterocycles. The van der Waals surface area contributed by atoms with Gasteiger partial charge in [0.1, 0.15) is 0 Å². The van der Waals surface area contributed by atoms with Crippen LogP contribution in [-0.4, -0.2) is 69.8 Å². The van der Waals surface area contributed by atoms with Crippen molar-refractivity contribution in [2.24, 2.45) is 5.73 Å². The van der Waals surface area contributed by atoms with E-state index in [4.69, 9.17) is 15.2 Å². The SMILES string of the molecule is COC(=O)CCOCC(N)(CO)COCCC(=O)OC. The highest BCUT2D eigenvalue weighted by Gasteiger charge is 2.25. The van der Waals surface area contributed by atoms with Crippen molar-refractivity contribution in [2.75, 3.05) is 47.3 Å². The van der Waals surface area contributed by atoms with E-state index < -0.39 is 5.54 Å². The molecular formula is C12H23NO7. The number of ether oxygens (including phenoxy) is 4. The summed E-state index contributed by atoms with van der Waals surface area (Å²) in [6.45, 7) is 0.00243. The highest BCUT2D eigenvalue weighted by Crippen LogP contribution is 2.03. The molecule has 8 heteroatoms. The van der Waals surface area contributed by atoms with Crippen LogP contribution in [0.4, 0.5) is 0 Å². The number of carbonyl (C=O) groups is 2. The molecular weight excluding hydrogens is 270 g/mol. The largest absolute Gasteiger partial charge is 0.469 e. The molecule has 0 bridgehead atoms. The van der Waals surface area contributed by atoms with Gasteiger partial charge in [0.15, 0.2) is 0 Å². The highest BCUT2D eigenvalue weighted by atomic mass is 16.5. The second-order valence-electron chi connectivity index (χ2n) is 4.28. The van der Waals surface area contributed by atoms with E-state index in [0.29, 0.717) is 0 Å². The van der Waals surface area contributed by atoms with Crippen LogP contribution < -0.4 is 5.73 Å². The van der Waals surface area contributed by atoms with E-state index in [1.54, 1.807) is 0 Å². The molecule has 0 saturated heterocycles. The van der Waals surface area contributed by atoms with Crippen LogP contribution >= 0.6 is 0 Å². The van der Waals surface area contributed by atoms with Gasteiger partial charge in [0, 0.05) is 0 Å². The van der Waals surface area contributed by atoms with E-state index in [1.165, 1.54) is 14.2 Å². The number of aliphatic hydroxyl groups excluding tert-OH is 1. The summed E-state index contributed by atoms with van der Waals surface area (Å²) in [5, 5.41) is 9.23. The molecule has 3 N–H and O–H groups in total. The quantitative estimate of drug-likeness (QED) is 0.362. The predicted molar refractivity (Wildman–Crippen MR) is 68.9 cm³/mol. The van der Waals surface area contributed by atoms with Gasteiger partial charge >= 0.3 is 11.9 Å². The number of methoxy groups -OCH3 is 2. The molecule has 0 saturated carbocycles. The van der Waals surface area contributed by atoms with Gasteiger partial charge in [0.25, 0.3) is 0 Å². The molecule has 0 amide bonds. The number of nitrogens with two attached hydrogens (primary N) is 1. The maximum Gasteiger partial charge on any atom is 0.307 e. The van der Waals surface area contributed by atoms with Crippen LogP contribution in [0.5, 0.6) is 0 Å². The number of carbonyl (C=O) groups excluding carboxylic acids is 2. The molecule has 20 heavy (non-hydrogen) atoms. The van der Waals surface area contributed by atoms with Gasteiger partial charge in [-0.1, -0.05) is 0 Å². The zero-order valence-corrected chi connectivity index (χ0v) is 11.9. The summed E-state index contributed by atoms with van der Waals surface area (Å²) in [5.74, 6) is -0.767. The molecule has 0 aliphatic heterocycles. The predicted octanol–water partition coefficient (Wildman–Crippen LogP) is -1.16. The second kappa shape index (κ2) is 10.6. The lowest BCUT2D eigenvalue weighted by Gasteiger charge is -2.26. The fraction of sp³-hybridized carbons (Fsp3) is 0.833. The number of aliphatic hydroxyl groups is 1. The van der Waals surface area contributed by atoms with Gasteiger partial charge in [-0.15, -0.1) is 0 Å². The molecule has 0 heterocycles. The minimum atomic E-state index is -1.08. The molecule has 0 aromatic rings. The summed E-state index contributed by atoms with van der Waals surface area (Å²) < 4.78 is 19.3. The third-order valence-corrected chi connectivity index (χ3v) is 2.45. The third kappa shape index (κ3) is 8.81. The Hall–Kier alpha value is -1.22. The zero-order valence-electron chi connectivity index (χ0n) is 11.9. The summed E-state index contributed by atoms with van der Waals surface area (Å²) in [6, 6.07) is 0. The molecule has 0 radical (unpaired) electrons. The topological polar surface area (TPSA) is 117 Å². The van der Waals surface area contributed by atoms with Crippen molar-refractivity contribution >= 4 is 11.9 Å². The van der Waals surface area contributed by atoms with E-state index in [-0.39, 0.29) is 57.8 Å². The van der Waals surface area contributed by atoms with Crippen LogP contribution in [0.1, 0.15) is 12.8 Å². The van der Waals surface area contributed by atoms with E-state index in [2.05, 4.69) is 9.47 Å². The van der Waals surface area contributed by atoms with E-state index >= 15 is 0 Å². The lowest BCUT2D eigenvalue weighted by molar-refractivity contribution is -0.142. The molecule has 0 spiro atoms. The first-order valence-electron chi connectivity index (χ1n) is 6.16. The van der Waals surface area contributed by atoms with Crippen molar-refractivity contribution in [3.8, 4) is 0 Å². The fourth-order valence-corrected chi connectivity index (χ4v) is 1.20. The Morgan fingerprint density at radius 2 is 1.40 bits per heavy atom. The highest BCUT2D eigenvalue weighted by molar-refractivity contribution is 5.69. The Morgan fingerprint density at radius 1 is 1.00 bits per heavy atom. The summed E-state index contributed by atoms with van der Waals surface area (Å²) in [7, 11) is 2.58. The molecule has 0 atom stereocenters. The normalized spacial score (nSPS) is 11.2. The maximum atomic E-state index is 10.9. The van der Waals surface area contributed by atoms with Crippen molar-refractivity contribution in [1.82, 2.24) is 0 Å². The van der Waals surface area contributed by atoms with Gasteiger partial charge in [0.05, 0.1) is 65.6 Å². The van der Waals surface area contributed by atoms with Crippen molar-refractivity contribution in [3.63, 3.8) is 0 Å². The van der Waals surface area contributed by atoms with E-state index in [9.17, 15) is 14.7 Å². The summed E-state index contributed by atoms with van der Waals surface area (Å²) in [6.07, 6.45) is 0.225. The summed E-state index contributed by atoms with van der Waals surface area (Å²) in [5.41, 5.74) is 4.79. The average Bonchev–Trinajstić information content (AvgIpc) is 2.47. The zero-order chi connectivity index (χ0) is 15.4. The van der Waals surface area contributed by atoms with Gasteiger partial charge in [-0.3, -0.25) is 9.59 Å². The second-order valence-corrected chi connectivity index (χ2v) is 4.28. The molecule has 0 fully saturated rings. The van der Waals surface area contributed by atoms with Crippen LogP contribution in [-0.2, 0) is 28.5 Å². The Morgan fingerprint density at radius 3 is 1.70 bits per heavy atom. The van der Waals surface area contributed by atoms with Crippen molar-refractivity contribution in [1.29, 1.82) is 0 Å². The van der Waals surface area contributed by atoms with Crippen LogP contribution in [0.3, 0.4) is 0 Å². The molecule has 8 nitrogen and oxygen atoms in total. The summed E-state index contributed by atoms with van der Waals surface area (Å²) >= 11 is 0. The van der Waals surface area contributed by atoms with Crippen LogP contribution in [0.25, 0.3) is 0 Å². The third-order valence-electron chi connectivity index (χ3n) is 2.45. The smallest absolute Gasteiger partial charge is 0.307 e. The first kappa shape index (κ1) is 18.8. The van der Waals surface area contributed by atoms with Crippen molar-refractivity contribution in [2.45, 2.75) is 18.4 Å². The van der Waals surface area contributed by atoms with Gasteiger partial charge in [-0.25, -0.2) is 0 Å². The molecule has 118 valence electrons. The summed E-state index contributed by atoms with van der Waals surface area (Å²) in [4.78, 5) is 21.7. The lowest BCUT2D eigenvalue weighted by Crippen LogP contribution is -2.52. The average molecular weight is 293 g/mol. The molecule has 0 unspecified atom stereocenters. The molecule has 0 aliphatic carbocycles. The maximum absolute atomic E-state index is 10.9. The van der Waals surface area contributed by atoms with E-state index in [1.807, 2.05) is 0 Å². The van der Waals surface area contributed by atoms with Gasteiger partial charge in [-0.2, -0.15) is 0 Å². The standard InChI is InChI=1S/C12H23NO7/c1-17-10(15)3-5-19-8-12(13,7-14)9-20-6-4-11(16)18-2/h14H,3-9,13H2,1-2H3. The molecule has 0 rings (SSSR count). The number of hydrogen-bond donors (Lipinski definition) is 2. The van der Waals surface area contributed by atoms with Crippen molar-refractivity contribution in [3.05, 3.63) is 0 Å². The Kier molecular flexibility index (Phi) is 9.91. The van der Waals surface area contributed by atoms with Gasteiger partial charge in [-0.05, 0) is 0 Å². The van der Waals surface area contributed by atoms with Gasteiger partial charge in [0.2, 0.25) is 0 Å². The molecule has 0 aromatic carbocycles. The number of hydrogen-bond acceptors (Lipinski definition) is 8. The Labute approximate surface area is 118 Å². The van der Waals surface area contributed by atoms with Crippen molar-refractivity contribution < 1.29 is 33.6 Å². The Bertz CT molecular complexity index is 272. The first-order chi connectivity index (χ1) is 9.47. The number of rotatable bonds is 11. The minimum Gasteiger partial charge on any atom is -0.469 e. The van der Waals surface area contributed by atoms with Crippen LogP contribution in [0, 0.1) is 0 Å². The van der Waals surface area contributed by atoms with Crippen LogP contribution in [0.2, 0.25) is 0 Å².